The lowest BCUT2D eigenvalue weighted by Crippen LogP contribution is -2.31. The zero-order valence-corrected chi connectivity index (χ0v) is 13.8. The Labute approximate surface area is 139 Å². The lowest BCUT2D eigenvalue weighted by molar-refractivity contribution is -0.153. The molecule has 0 fully saturated rings. The number of ether oxygens (including phenoxy) is 1. The van der Waals surface area contributed by atoms with E-state index in [-0.39, 0.29) is 24.8 Å². The van der Waals surface area contributed by atoms with Gasteiger partial charge in [-0.1, -0.05) is 0 Å². The molecule has 3 N–H and O–H groups in total. The quantitative estimate of drug-likeness (QED) is 0.644. The first kappa shape index (κ1) is 19.1. The summed E-state index contributed by atoms with van der Waals surface area (Å²) in [5.41, 5.74) is 1.12. The topological polar surface area (TPSA) is 114 Å². The monoisotopic (exact) mass is 335 g/mol. The second-order valence-electron chi connectivity index (χ2n) is 5.11. The number of amides is 3. The lowest BCUT2D eigenvalue weighted by Gasteiger charge is -2.14. The number of hydrogen-bond donors (Lipinski definition) is 3. The number of rotatable bonds is 7. The van der Waals surface area contributed by atoms with Gasteiger partial charge >= 0.3 is 5.97 Å². The highest BCUT2D eigenvalue weighted by atomic mass is 16.5. The Kier molecular flexibility index (Phi) is 7.41. The maximum absolute atomic E-state index is 12.0. The van der Waals surface area contributed by atoms with Gasteiger partial charge in [0.15, 0.2) is 6.10 Å². The fourth-order valence-electron chi connectivity index (χ4n) is 1.73. The first-order valence-electron chi connectivity index (χ1n) is 7.40. The Balaban J connectivity index is 2.44. The average Bonchev–Trinajstić information content (AvgIpc) is 2.48. The maximum atomic E-state index is 12.0. The van der Waals surface area contributed by atoms with Crippen molar-refractivity contribution in [1.29, 1.82) is 0 Å². The van der Waals surface area contributed by atoms with Crippen LogP contribution in [-0.2, 0) is 23.9 Å². The van der Waals surface area contributed by atoms with Crippen molar-refractivity contribution >= 4 is 35.1 Å². The van der Waals surface area contributed by atoms with Gasteiger partial charge in [-0.2, -0.15) is 0 Å². The standard InChI is InChI=1S/C16H21N3O5/c1-10(24-15(22)8-9-17-11(2)20)16(23)19-14-6-4-13(5-7-14)18-12(3)21/h4-7,10H,8-9H2,1-3H3,(H,17,20)(H,18,21)(H,19,23)/t10-/m1/s1. The van der Waals surface area contributed by atoms with Crippen LogP contribution in [0.15, 0.2) is 24.3 Å². The molecule has 0 heterocycles. The molecule has 130 valence electrons. The second-order valence-corrected chi connectivity index (χ2v) is 5.11. The molecule has 24 heavy (non-hydrogen) atoms. The molecule has 8 nitrogen and oxygen atoms in total. The summed E-state index contributed by atoms with van der Waals surface area (Å²) in [6.45, 7) is 4.36. The molecule has 0 aliphatic rings. The molecule has 1 rings (SSSR count). The second kappa shape index (κ2) is 9.29. The van der Waals surface area contributed by atoms with Gasteiger partial charge in [0, 0.05) is 31.8 Å². The van der Waals surface area contributed by atoms with Gasteiger partial charge in [-0.05, 0) is 31.2 Å². The highest BCUT2D eigenvalue weighted by Gasteiger charge is 2.17. The minimum atomic E-state index is -0.968. The van der Waals surface area contributed by atoms with E-state index in [1.165, 1.54) is 20.8 Å². The fraction of sp³-hybridized carbons (Fsp3) is 0.375. The Morgan fingerprint density at radius 3 is 2.00 bits per heavy atom. The van der Waals surface area contributed by atoms with Gasteiger partial charge in [0.2, 0.25) is 11.8 Å². The summed E-state index contributed by atoms with van der Waals surface area (Å²) < 4.78 is 4.98. The summed E-state index contributed by atoms with van der Waals surface area (Å²) in [6.07, 6.45) is -0.979. The van der Waals surface area contributed by atoms with E-state index in [1.54, 1.807) is 24.3 Å². The largest absolute Gasteiger partial charge is 0.452 e. The molecule has 0 spiro atoms. The third-order valence-electron chi connectivity index (χ3n) is 2.85. The van der Waals surface area contributed by atoms with Crippen molar-refractivity contribution in [1.82, 2.24) is 5.32 Å². The summed E-state index contributed by atoms with van der Waals surface area (Å²) in [5, 5.41) is 7.68. The van der Waals surface area contributed by atoms with E-state index in [4.69, 9.17) is 4.74 Å². The Morgan fingerprint density at radius 1 is 0.958 bits per heavy atom. The number of carbonyl (C=O) groups excluding carboxylic acids is 4. The molecule has 1 aromatic rings. The molecule has 3 amide bonds. The number of benzene rings is 1. The van der Waals surface area contributed by atoms with Crippen LogP contribution in [0.25, 0.3) is 0 Å². The molecule has 0 saturated heterocycles. The van der Waals surface area contributed by atoms with E-state index in [0.29, 0.717) is 11.4 Å². The predicted octanol–water partition coefficient (Wildman–Crippen LogP) is 1.04. The van der Waals surface area contributed by atoms with Gasteiger partial charge in [-0.15, -0.1) is 0 Å². The molecule has 0 bridgehead atoms. The first-order valence-corrected chi connectivity index (χ1v) is 7.40. The van der Waals surface area contributed by atoms with Gasteiger partial charge < -0.3 is 20.7 Å². The van der Waals surface area contributed by atoms with Crippen molar-refractivity contribution in [3.05, 3.63) is 24.3 Å². The normalized spacial score (nSPS) is 11.1. The van der Waals surface area contributed by atoms with Crippen LogP contribution in [0.4, 0.5) is 11.4 Å². The lowest BCUT2D eigenvalue weighted by atomic mass is 10.2. The van der Waals surface area contributed by atoms with Crippen LogP contribution in [0.1, 0.15) is 27.2 Å². The smallest absolute Gasteiger partial charge is 0.308 e. The molecule has 0 unspecified atom stereocenters. The van der Waals surface area contributed by atoms with Crippen LogP contribution >= 0.6 is 0 Å². The number of nitrogens with one attached hydrogen (secondary N) is 3. The van der Waals surface area contributed by atoms with Crippen molar-refractivity contribution in [3.63, 3.8) is 0 Å². The van der Waals surface area contributed by atoms with Gasteiger partial charge in [0.05, 0.1) is 6.42 Å². The van der Waals surface area contributed by atoms with Crippen LogP contribution < -0.4 is 16.0 Å². The minimum absolute atomic E-state index is 0.0113. The maximum Gasteiger partial charge on any atom is 0.308 e. The van der Waals surface area contributed by atoms with E-state index in [2.05, 4.69) is 16.0 Å². The van der Waals surface area contributed by atoms with Crippen molar-refractivity contribution in [2.45, 2.75) is 33.3 Å². The van der Waals surface area contributed by atoms with Crippen molar-refractivity contribution < 1.29 is 23.9 Å². The molecule has 1 aromatic carbocycles. The molecular weight excluding hydrogens is 314 g/mol. The zero-order chi connectivity index (χ0) is 18.1. The Morgan fingerprint density at radius 2 is 1.50 bits per heavy atom. The molecule has 0 saturated carbocycles. The minimum Gasteiger partial charge on any atom is -0.452 e. The predicted molar refractivity (Wildman–Crippen MR) is 88.2 cm³/mol. The Bertz CT molecular complexity index is 613. The number of esters is 1. The van der Waals surface area contributed by atoms with E-state index < -0.39 is 18.0 Å². The summed E-state index contributed by atoms with van der Waals surface area (Å²) in [6, 6.07) is 6.52. The molecule has 1 atom stereocenters. The molecule has 0 aliphatic carbocycles. The van der Waals surface area contributed by atoms with Crippen LogP contribution in [-0.4, -0.2) is 36.3 Å². The fourth-order valence-corrected chi connectivity index (χ4v) is 1.73. The molecule has 0 aliphatic heterocycles. The van der Waals surface area contributed by atoms with Gasteiger partial charge in [0.1, 0.15) is 0 Å². The van der Waals surface area contributed by atoms with E-state index in [9.17, 15) is 19.2 Å². The summed E-state index contributed by atoms with van der Waals surface area (Å²) in [5.74, 6) is -1.48. The molecular formula is C16H21N3O5. The summed E-state index contributed by atoms with van der Waals surface area (Å²) in [7, 11) is 0. The van der Waals surface area contributed by atoms with Crippen molar-refractivity contribution in [2.75, 3.05) is 17.2 Å². The number of hydrogen-bond acceptors (Lipinski definition) is 5. The van der Waals surface area contributed by atoms with Gasteiger partial charge in [-0.25, -0.2) is 0 Å². The van der Waals surface area contributed by atoms with Gasteiger partial charge in [0.25, 0.3) is 5.91 Å². The molecule has 0 aromatic heterocycles. The highest BCUT2D eigenvalue weighted by molar-refractivity contribution is 5.95. The van der Waals surface area contributed by atoms with E-state index in [0.717, 1.165) is 0 Å². The summed E-state index contributed by atoms with van der Waals surface area (Å²) in [4.78, 5) is 45.1. The highest BCUT2D eigenvalue weighted by Crippen LogP contribution is 2.14. The third-order valence-corrected chi connectivity index (χ3v) is 2.85. The van der Waals surface area contributed by atoms with E-state index in [1.807, 2.05) is 0 Å². The van der Waals surface area contributed by atoms with Crippen LogP contribution in [0.3, 0.4) is 0 Å². The van der Waals surface area contributed by atoms with Crippen LogP contribution in [0.2, 0.25) is 0 Å². The molecule has 8 heteroatoms. The number of anilines is 2. The third kappa shape index (κ3) is 7.39. The number of carbonyl (C=O) groups is 4. The van der Waals surface area contributed by atoms with Crippen molar-refractivity contribution in [3.8, 4) is 0 Å². The summed E-state index contributed by atoms with van der Waals surface area (Å²) >= 11 is 0. The Hall–Kier alpha value is -2.90. The average molecular weight is 335 g/mol. The van der Waals surface area contributed by atoms with Gasteiger partial charge in [-0.3, -0.25) is 19.2 Å². The SMILES string of the molecule is CC(=O)NCCC(=O)O[C@H](C)C(=O)Nc1ccc(NC(C)=O)cc1. The van der Waals surface area contributed by atoms with E-state index >= 15 is 0 Å². The van der Waals surface area contributed by atoms with Crippen LogP contribution in [0.5, 0.6) is 0 Å². The zero-order valence-electron chi connectivity index (χ0n) is 13.8. The van der Waals surface area contributed by atoms with Crippen LogP contribution in [0, 0.1) is 0 Å². The molecule has 0 radical (unpaired) electrons. The van der Waals surface area contributed by atoms with Crippen molar-refractivity contribution in [2.24, 2.45) is 0 Å². The first-order chi connectivity index (χ1) is 11.3.